The minimum absolute atomic E-state index is 0.0100. The van der Waals surface area contributed by atoms with Gasteiger partial charge in [-0.2, -0.15) is 0 Å². The van der Waals surface area contributed by atoms with Crippen LogP contribution in [0, 0.1) is 0 Å². The number of aliphatic hydroxyl groups excluding tert-OH is 2. The summed E-state index contributed by atoms with van der Waals surface area (Å²) in [5.74, 6) is -1.10. The van der Waals surface area contributed by atoms with Crippen molar-refractivity contribution >= 4 is 19.8 Å². The number of allylic oxidation sites excluding steroid dienone is 9. The maximum Gasteiger partial charge on any atom is 0.306 e. The number of hydrogen-bond acceptors (Lipinski definition) is 10. The van der Waals surface area contributed by atoms with Gasteiger partial charge in [-0.3, -0.25) is 14.2 Å². The molecule has 4 atom stereocenters. The molecule has 0 aliphatic heterocycles. The molecule has 0 amide bonds. The molecule has 0 aromatic rings. The lowest BCUT2D eigenvalue weighted by Gasteiger charge is -2.28. The van der Waals surface area contributed by atoms with Crippen LogP contribution in [0.3, 0.4) is 0 Å². The van der Waals surface area contributed by atoms with Crippen LogP contribution in [-0.2, 0) is 32.7 Å². The minimum atomic E-state index is -4.69. The Balaban J connectivity index is 4.66. The van der Waals surface area contributed by atoms with E-state index in [9.17, 15) is 29.3 Å². The Morgan fingerprint density at radius 3 is 1.83 bits per heavy atom. The fourth-order valence-corrected chi connectivity index (χ4v) is 6.08. The van der Waals surface area contributed by atoms with Gasteiger partial charge in [-0.05, 0) is 70.6 Å². The van der Waals surface area contributed by atoms with Gasteiger partial charge < -0.3 is 38.1 Å². The molecule has 0 aromatic heterocycles. The first-order valence-corrected chi connectivity index (χ1v) is 23.3. The van der Waals surface area contributed by atoms with Crippen LogP contribution in [0.15, 0.2) is 72.9 Å². The van der Waals surface area contributed by atoms with Crippen molar-refractivity contribution < 1.29 is 52.3 Å². The van der Waals surface area contributed by atoms with Crippen molar-refractivity contribution in [3.63, 3.8) is 0 Å². The Morgan fingerprint density at radius 1 is 0.655 bits per heavy atom. The number of phosphoric acid groups is 1. The second kappa shape index (κ2) is 37.4. The highest BCUT2D eigenvalue weighted by Gasteiger charge is 2.22. The maximum atomic E-state index is 12.7. The molecule has 12 heteroatoms. The van der Waals surface area contributed by atoms with E-state index < -0.39 is 44.7 Å². The molecule has 2 N–H and O–H groups in total. The third-order valence-electron chi connectivity index (χ3n) is 8.89. The molecule has 58 heavy (non-hydrogen) atoms. The van der Waals surface area contributed by atoms with E-state index in [1.54, 1.807) is 36.5 Å². The van der Waals surface area contributed by atoms with Crippen LogP contribution < -0.4 is 4.89 Å². The van der Waals surface area contributed by atoms with Crippen LogP contribution >= 0.6 is 7.82 Å². The van der Waals surface area contributed by atoms with Crippen LogP contribution in [0.25, 0.3) is 0 Å². The first-order chi connectivity index (χ1) is 27.8. The highest BCUT2D eigenvalue weighted by molar-refractivity contribution is 7.45. The Kier molecular flexibility index (Phi) is 35.7. The molecule has 0 fully saturated rings. The fraction of sp³-hybridized carbons (Fsp3) is 0.696. The van der Waals surface area contributed by atoms with Crippen molar-refractivity contribution in [2.45, 2.75) is 161 Å². The number of esters is 2. The van der Waals surface area contributed by atoms with Gasteiger partial charge in [-0.15, -0.1) is 0 Å². The second-order valence-electron chi connectivity index (χ2n) is 15.8. The average molecular weight is 838 g/mol. The summed E-state index contributed by atoms with van der Waals surface area (Å²) in [7, 11) is 1.01. The first-order valence-electron chi connectivity index (χ1n) is 21.9. The zero-order chi connectivity index (χ0) is 43.2. The number of aliphatic hydroxyl groups is 2. The fourth-order valence-electron chi connectivity index (χ4n) is 5.35. The van der Waals surface area contributed by atoms with E-state index in [2.05, 4.69) is 44.2 Å². The topological polar surface area (TPSA) is 152 Å². The smallest absolute Gasteiger partial charge is 0.306 e. The molecule has 0 aromatic carbocycles. The van der Waals surface area contributed by atoms with Crippen molar-refractivity contribution in [3.8, 4) is 0 Å². The lowest BCUT2D eigenvalue weighted by molar-refractivity contribution is -0.870. The highest BCUT2D eigenvalue weighted by atomic mass is 31.2. The Morgan fingerprint density at radius 2 is 1.21 bits per heavy atom. The molecule has 1 unspecified atom stereocenters. The normalized spacial score (nSPS) is 15.4. The quantitative estimate of drug-likeness (QED) is 0.0154. The molecular formula is C46H80NO10P. The Bertz CT molecular complexity index is 1250. The average Bonchev–Trinajstić information content (AvgIpc) is 3.16. The van der Waals surface area contributed by atoms with E-state index in [1.807, 2.05) is 27.2 Å². The predicted molar refractivity (Wildman–Crippen MR) is 234 cm³/mol. The summed E-state index contributed by atoms with van der Waals surface area (Å²) in [6.45, 7) is 3.81. The molecule has 0 aliphatic rings. The first kappa shape index (κ1) is 55.4. The molecule has 0 spiro atoms. The third kappa shape index (κ3) is 40.2. The van der Waals surface area contributed by atoms with Gasteiger partial charge in [0.2, 0.25) is 0 Å². The van der Waals surface area contributed by atoms with Gasteiger partial charge in [0.05, 0.1) is 40.0 Å². The Hall–Kier alpha value is -2.63. The maximum absolute atomic E-state index is 12.7. The van der Waals surface area contributed by atoms with Crippen LogP contribution in [0.2, 0.25) is 0 Å². The zero-order valence-electron chi connectivity index (χ0n) is 36.7. The van der Waals surface area contributed by atoms with Crippen LogP contribution in [-0.4, -0.2) is 92.5 Å². The highest BCUT2D eigenvalue weighted by Crippen LogP contribution is 2.38. The monoisotopic (exact) mass is 838 g/mol. The molecule has 0 bridgehead atoms. The van der Waals surface area contributed by atoms with Crippen molar-refractivity contribution in [2.24, 2.45) is 0 Å². The molecule has 0 radical (unpaired) electrons. The number of carbonyl (C=O) groups is 2. The summed E-state index contributed by atoms with van der Waals surface area (Å²) in [4.78, 5) is 37.5. The third-order valence-corrected chi connectivity index (χ3v) is 9.85. The number of ether oxygens (including phenoxy) is 2. The van der Waals surface area contributed by atoms with Crippen molar-refractivity contribution in [2.75, 3.05) is 47.5 Å². The molecular weight excluding hydrogens is 757 g/mol. The summed E-state index contributed by atoms with van der Waals surface area (Å²) < 4.78 is 33.6. The lowest BCUT2D eigenvalue weighted by atomic mass is 10.1. The van der Waals surface area contributed by atoms with E-state index in [-0.39, 0.29) is 26.1 Å². The number of likely N-dealkylation sites (N-methyl/N-ethyl adjacent to an activating group) is 1. The van der Waals surface area contributed by atoms with E-state index in [1.165, 1.54) is 38.5 Å². The molecule has 0 saturated carbocycles. The second-order valence-corrected chi connectivity index (χ2v) is 17.2. The summed E-state index contributed by atoms with van der Waals surface area (Å²) in [6, 6.07) is 0. The van der Waals surface area contributed by atoms with Gasteiger partial charge in [0, 0.05) is 12.8 Å². The summed E-state index contributed by atoms with van der Waals surface area (Å²) in [5, 5.41) is 20.3. The van der Waals surface area contributed by atoms with Crippen molar-refractivity contribution in [1.82, 2.24) is 0 Å². The molecule has 0 saturated heterocycles. The number of quaternary nitrogens is 1. The van der Waals surface area contributed by atoms with E-state index in [0.717, 1.165) is 51.4 Å². The van der Waals surface area contributed by atoms with Gasteiger partial charge >= 0.3 is 11.9 Å². The van der Waals surface area contributed by atoms with Crippen molar-refractivity contribution in [3.05, 3.63) is 72.9 Å². The molecule has 0 rings (SSSR count). The van der Waals surface area contributed by atoms with E-state index in [0.29, 0.717) is 36.7 Å². The van der Waals surface area contributed by atoms with Gasteiger partial charge in [0.1, 0.15) is 19.8 Å². The van der Waals surface area contributed by atoms with Crippen LogP contribution in [0.4, 0.5) is 0 Å². The lowest BCUT2D eigenvalue weighted by Crippen LogP contribution is -2.37. The number of carbonyl (C=O) groups excluding carboxylic acids is 2. The largest absolute Gasteiger partial charge is 0.756 e. The summed E-state index contributed by atoms with van der Waals surface area (Å²) in [5.41, 5.74) is 0. The number of phosphoric ester groups is 1. The minimum Gasteiger partial charge on any atom is -0.756 e. The van der Waals surface area contributed by atoms with Gasteiger partial charge in [0.25, 0.3) is 7.82 Å². The molecule has 11 nitrogen and oxygen atoms in total. The van der Waals surface area contributed by atoms with Crippen molar-refractivity contribution in [1.29, 1.82) is 0 Å². The summed E-state index contributed by atoms with van der Waals surface area (Å²) >= 11 is 0. The number of nitrogens with zero attached hydrogens (tertiary/aromatic N) is 1. The van der Waals surface area contributed by atoms with E-state index >= 15 is 0 Å². The molecule has 334 valence electrons. The number of hydrogen-bond donors (Lipinski definition) is 2. The predicted octanol–water partition coefficient (Wildman–Crippen LogP) is 9.55. The standard InChI is InChI=1S/C46H80NO10P/c1-6-8-10-12-14-15-16-17-18-19-20-21-22-24-30-36-46(51)57-44(41-56-58(52,53)55-39-38-47(3,4)5)40-54-45(50)37-31-35-43(49)34-29-26-25-28-33-42(48)32-27-23-13-11-9-7-2/h14-15,17-18,23,25-29,33-34,42-44,48-49H,6-13,16,19-22,24,30-32,35-41H2,1-5H3/b15-14-,18-17-,26-25+,27-23-,33-28+,34-29-/t42-,43-,44-/m1/s1. The SMILES string of the molecule is CCCCC/C=C\C/C=C\CCCCCCCC(=O)O[C@H](COC(=O)CCC[C@H](O)\C=C/C=C/C=C/[C@H](O)C/C=C\CCCCC)COP(=O)([O-])OCC[N+](C)(C)C. The zero-order valence-corrected chi connectivity index (χ0v) is 37.6. The van der Waals surface area contributed by atoms with E-state index in [4.69, 9.17) is 18.5 Å². The number of unbranched alkanes of at least 4 members (excludes halogenated alkanes) is 11. The van der Waals surface area contributed by atoms with Gasteiger partial charge in [0.15, 0.2) is 6.10 Å². The molecule has 0 aliphatic carbocycles. The van der Waals surface area contributed by atoms with Crippen LogP contribution in [0.5, 0.6) is 0 Å². The van der Waals surface area contributed by atoms with Crippen LogP contribution in [0.1, 0.15) is 142 Å². The van der Waals surface area contributed by atoms with Gasteiger partial charge in [-0.1, -0.05) is 132 Å². The number of rotatable bonds is 38. The molecule has 0 heterocycles. The van der Waals surface area contributed by atoms with Gasteiger partial charge in [-0.25, -0.2) is 0 Å². The summed E-state index contributed by atoms with van der Waals surface area (Å²) in [6.07, 6.45) is 38.4. The Labute approximate surface area is 352 Å².